The molecule has 0 bridgehead atoms. The van der Waals surface area contributed by atoms with Crippen molar-refractivity contribution in [2.45, 2.75) is 109 Å². The van der Waals surface area contributed by atoms with Crippen molar-refractivity contribution in [2.75, 3.05) is 0 Å². The van der Waals surface area contributed by atoms with E-state index in [1.807, 2.05) is 0 Å². The fourth-order valence-electron chi connectivity index (χ4n) is 4.24. The molecule has 0 aromatic carbocycles. The Balaban J connectivity index is 1.76. The Labute approximate surface area is 114 Å². The van der Waals surface area contributed by atoms with E-state index in [0.29, 0.717) is 0 Å². The Morgan fingerprint density at radius 2 is 1.33 bits per heavy atom. The van der Waals surface area contributed by atoms with Gasteiger partial charge in [0.2, 0.25) is 0 Å². The van der Waals surface area contributed by atoms with Gasteiger partial charge in [-0.15, -0.1) is 0 Å². The normalized spacial score (nSPS) is 32.0. The Morgan fingerprint density at radius 1 is 0.722 bits per heavy atom. The predicted molar refractivity (Wildman–Crippen MR) is 80.0 cm³/mol. The summed E-state index contributed by atoms with van der Waals surface area (Å²) in [6, 6.07) is 2.88. The van der Waals surface area contributed by atoms with E-state index in [1.165, 1.54) is 77.0 Å². The zero-order chi connectivity index (χ0) is 12.8. The van der Waals surface area contributed by atoms with Gasteiger partial charge in [-0.1, -0.05) is 52.4 Å². The van der Waals surface area contributed by atoms with Gasteiger partial charge >= 0.3 is 0 Å². The van der Waals surface area contributed by atoms with E-state index in [2.05, 4.69) is 18.7 Å². The SMILES string of the molecule is CCCCCC[C@@H]1CC[C@H]2CC[C@@H](CCCC)N21. The highest BCUT2D eigenvalue weighted by atomic mass is 15.3. The van der Waals surface area contributed by atoms with Crippen LogP contribution in [0, 0.1) is 0 Å². The molecule has 3 atom stereocenters. The third-order valence-electron chi connectivity index (χ3n) is 5.21. The van der Waals surface area contributed by atoms with Crippen LogP contribution in [-0.2, 0) is 0 Å². The van der Waals surface area contributed by atoms with Crippen molar-refractivity contribution >= 4 is 0 Å². The molecule has 1 nitrogen and oxygen atoms in total. The molecule has 2 heterocycles. The van der Waals surface area contributed by atoms with Crippen molar-refractivity contribution < 1.29 is 0 Å². The third-order valence-corrected chi connectivity index (χ3v) is 5.21. The number of nitrogens with zero attached hydrogens (tertiary/aromatic N) is 1. The summed E-state index contributed by atoms with van der Waals surface area (Å²) in [6.45, 7) is 4.64. The van der Waals surface area contributed by atoms with Gasteiger partial charge in [-0.2, -0.15) is 0 Å². The van der Waals surface area contributed by atoms with Gasteiger partial charge in [0, 0.05) is 18.1 Å². The van der Waals surface area contributed by atoms with Gasteiger partial charge < -0.3 is 0 Å². The van der Waals surface area contributed by atoms with Gasteiger partial charge in [0.15, 0.2) is 0 Å². The second kappa shape index (κ2) is 7.53. The van der Waals surface area contributed by atoms with Gasteiger partial charge in [0.05, 0.1) is 0 Å². The molecule has 2 fully saturated rings. The first kappa shape index (κ1) is 14.4. The Kier molecular flexibility index (Phi) is 6.01. The molecule has 0 radical (unpaired) electrons. The second-order valence-electron chi connectivity index (χ2n) is 6.55. The first-order valence-electron chi connectivity index (χ1n) is 8.64. The molecule has 0 spiro atoms. The minimum atomic E-state index is 0.952. The average Bonchev–Trinajstić information content (AvgIpc) is 2.95. The summed E-state index contributed by atoms with van der Waals surface area (Å²) in [5.41, 5.74) is 0. The molecular formula is C17H33N. The molecular weight excluding hydrogens is 218 g/mol. The van der Waals surface area contributed by atoms with Gasteiger partial charge in [0.1, 0.15) is 0 Å². The van der Waals surface area contributed by atoms with Crippen molar-refractivity contribution in [3.05, 3.63) is 0 Å². The van der Waals surface area contributed by atoms with E-state index in [-0.39, 0.29) is 0 Å². The molecule has 0 unspecified atom stereocenters. The first-order chi connectivity index (χ1) is 8.86. The summed E-state index contributed by atoms with van der Waals surface area (Å²) in [5.74, 6) is 0. The summed E-state index contributed by atoms with van der Waals surface area (Å²) in [6.07, 6.45) is 17.5. The summed E-state index contributed by atoms with van der Waals surface area (Å²) in [4.78, 5) is 2.96. The predicted octanol–water partition coefficient (Wildman–Crippen LogP) is 5.14. The third kappa shape index (κ3) is 3.50. The lowest BCUT2D eigenvalue weighted by molar-refractivity contribution is 0.161. The van der Waals surface area contributed by atoms with Crippen molar-refractivity contribution in [3.8, 4) is 0 Å². The molecule has 2 saturated heterocycles. The van der Waals surface area contributed by atoms with Crippen LogP contribution < -0.4 is 0 Å². The highest BCUT2D eigenvalue weighted by Crippen LogP contribution is 2.40. The monoisotopic (exact) mass is 251 g/mol. The zero-order valence-electron chi connectivity index (χ0n) is 12.7. The molecule has 0 aromatic heterocycles. The average molecular weight is 251 g/mol. The first-order valence-corrected chi connectivity index (χ1v) is 8.64. The van der Waals surface area contributed by atoms with E-state index in [1.54, 1.807) is 0 Å². The van der Waals surface area contributed by atoms with Crippen LogP contribution in [0.25, 0.3) is 0 Å². The van der Waals surface area contributed by atoms with Crippen molar-refractivity contribution in [1.29, 1.82) is 0 Å². The maximum Gasteiger partial charge on any atom is 0.0102 e. The van der Waals surface area contributed by atoms with E-state index in [4.69, 9.17) is 0 Å². The Morgan fingerprint density at radius 3 is 1.94 bits per heavy atom. The number of hydrogen-bond acceptors (Lipinski definition) is 1. The van der Waals surface area contributed by atoms with E-state index < -0.39 is 0 Å². The molecule has 0 amide bonds. The van der Waals surface area contributed by atoms with Gasteiger partial charge in [0.25, 0.3) is 0 Å². The van der Waals surface area contributed by atoms with Crippen LogP contribution in [0.4, 0.5) is 0 Å². The largest absolute Gasteiger partial charge is 0.294 e. The van der Waals surface area contributed by atoms with Crippen LogP contribution in [0.2, 0.25) is 0 Å². The fourth-order valence-corrected chi connectivity index (χ4v) is 4.24. The molecule has 2 aliphatic rings. The Hall–Kier alpha value is -0.0400. The zero-order valence-corrected chi connectivity index (χ0v) is 12.7. The van der Waals surface area contributed by atoms with E-state index >= 15 is 0 Å². The number of hydrogen-bond donors (Lipinski definition) is 0. The lowest BCUT2D eigenvalue weighted by atomic mass is 10.0. The standard InChI is InChI=1S/C17H33N/c1-3-5-7-8-10-16-12-14-17-13-11-15(18(16)17)9-6-4-2/h15-17H,3-14H2,1-2H3/t15-,16-,17-/m1/s1. The van der Waals surface area contributed by atoms with Crippen LogP contribution in [0.1, 0.15) is 90.9 Å². The van der Waals surface area contributed by atoms with E-state index in [9.17, 15) is 0 Å². The van der Waals surface area contributed by atoms with Crippen molar-refractivity contribution in [2.24, 2.45) is 0 Å². The van der Waals surface area contributed by atoms with Crippen molar-refractivity contribution in [3.63, 3.8) is 0 Å². The summed E-state index contributed by atoms with van der Waals surface area (Å²) in [5, 5.41) is 0. The fraction of sp³-hybridized carbons (Fsp3) is 1.00. The number of fused-ring (bicyclic) bond motifs is 1. The molecule has 2 aliphatic heterocycles. The van der Waals surface area contributed by atoms with Crippen LogP contribution in [0.3, 0.4) is 0 Å². The molecule has 2 rings (SSSR count). The number of unbranched alkanes of at least 4 members (excludes halogenated alkanes) is 4. The summed E-state index contributed by atoms with van der Waals surface area (Å²) >= 11 is 0. The highest BCUT2D eigenvalue weighted by Gasteiger charge is 2.41. The highest BCUT2D eigenvalue weighted by molar-refractivity contribution is 4.97. The van der Waals surface area contributed by atoms with Gasteiger partial charge in [-0.3, -0.25) is 4.90 Å². The summed E-state index contributed by atoms with van der Waals surface area (Å²) in [7, 11) is 0. The maximum absolute atomic E-state index is 2.96. The van der Waals surface area contributed by atoms with Crippen molar-refractivity contribution in [1.82, 2.24) is 4.90 Å². The minimum absolute atomic E-state index is 0.952. The van der Waals surface area contributed by atoms with E-state index in [0.717, 1.165) is 18.1 Å². The molecule has 0 saturated carbocycles. The molecule has 0 N–H and O–H groups in total. The topological polar surface area (TPSA) is 3.24 Å². The maximum atomic E-state index is 2.96. The number of rotatable bonds is 8. The molecule has 0 aliphatic carbocycles. The van der Waals surface area contributed by atoms with Crippen LogP contribution >= 0.6 is 0 Å². The van der Waals surface area contributed by atoms with Crippen LogP contribution in [0.15, 0.2) is 0 Å². The van der Waals surface area contributed by atoms with Gasteiger partial charge in [-0.25, -0.2) is 0 Å². The quantitative estimate of drug-likeness (QED) is 0.540. The molecule has 0 aromatic rings. The lowest BCUT2D eigenvalue weighted by Crippen LogP contribution is -2.38. The summed E-state index contributed by atoms with van der Waals surface area (Å²) < 4.78 is 0. The smallest absolute Gasteiger partial charge is 0.0102 e. The molecule has 106 valence electrons. The molecule has 1 heteroatoms. The van der Waals surface area contributed by atoms with Gasteiger partial charge in [-0.05, 0) is 38.5 Å². The Bertz CT molecular complexity index is 226. The van der Waals surface area contributed by atoms with Crippen LogP contribution in [0.5, 0.6) is 0 Å². The lowest BCUT2D eigenvalue weighted by Gasteiger charge is -2.31. The second-order valence-corrected chi connectivity index (χ2v) is 6.55. The minimum Gasteiger partial charge on any atom is -0.294 e. The molecule has 18 heavy (non-hydrogen) atoms. The van der Waals surface area contributed by atoms with Crippen LogP contribution in [-0.4, -0.2) is 23.0 Å².